The fourth-order valence-corrected chi connectivity index (χ4v) is 3.50. The molecule has 1 aliphatic rings. The first-order chi connectivity index (χ1) is 15.3. The highest BCUT2D eigenvalue weighted by atomic mass is 16.5. The van der Waals surface area contributed by atoms with Crippen molar-refractivity contribution in [3.05, 3.63) is 54.0 Å². The van der Waals surface area contributed by atoms with Gasteiger partial charge in [0.15, 0.2) is 6.61 Å². The molecular formula is C23H27N3O6. The van der Waals surface area contributed by atoms with Gasteiger partial charge in [0.1, 0.15) is 5.76 Å². The van der Waals surface area contributed by atoms with Crippen molar-refractivity contribution in [2.45, 2.75) is 32.9 Å². The van der Waals surface area contributed by atoms with Gasteiger partial charge >= 0.3 is 5.97 Å². The zero-order valence-corrected chi connectivity index (χ0v) is 18.4. The molecule has 0 aliphatic carbocycles. The number of likely N-dealkylation sites (N-methyl/N-ethyl adjacent to an activating group) is 1. The third-order valence-electron chi connectivity index (χ3n) is 5.34. The average molecular weight is 441 g/mol. The zero-order valence-electron chi connectivity index (χ0n) is 18.4. The molecule has 9 heteroatoms. The summed E-state index contributed by atoms with van der Waals surface area (Å²) in [4.78, 5) is 52.5. The number of nitrogens with one attached hydrogen (secondary N) is 1. The predicted molar refractivity (Wildman–Crippen MR) is 116 cm³/mol. The molecule has 1 N–H and O–H groups in total. The molecule has 0 spiro atoms. The Balaban J connectivity index is 1.58. The van der Waals surface area contributed by atoms with Gasteiger partial charge in [-0.05, 0) is 38.1 Å². The van der Waals surface area contributed by atoms with Crippen LogP contribution >= 0.6 is 0 Å². The Morgan fingerprint density at radius 3 is 2.62 bits per heavy atom. The van der Waals surface area contributed by atoms with E-state index in [0.717, 1.165) is 0 Å². The van der Waals surface area contributed by atoms with Gasteiger partial charge in [0.25, 0.3) is 11.8 Å². The van der Waals surface area contributed by atoms with Gasteiger partial charge in [-0.25, -0.2) is 0 Å². The lowest BCUT2D eigenvalue weighted by Crippen LogP contribution is -2.35. The second-order valence-corrected chi connectivity index (χ2v) is 7.88. The Bertz CT molecular complexity index is 985. The van der Waals surface area contributed by atoms with Gasteiger partial charge in [-0.3, -0.25) is 19.2 Å². The van der Waals surface area contributed by atoms with Crippen LogP contribution in [0.2, 0.25) is 0 Å². The fourth-order valence-electron chi connectivity index (χ4n) is 3.50. The molecule has 1 saturated heterocycles. The van der Waals surface area contributed by atoms with Crippen LogP contribution in [-0.4, -0.2) is 54.8 Å². The molecule has 1 aromatic carbocycles. The first kappa shape index (κ1) is 23.1. The molecular weight excluding hydrogens is 414 g/mol. The van der Waals surface area contributed by atoms with Crippen molar-refractivity contribution in [3.8, 4) is 0 Å². The number of benzene rings is 1. The Labute approximate surface area is 186 Å². The standard InChI is InChI=1S/C23H27N3O6/c1-15(2)26-13-16(11-20(26)27)23(30)32-14-21(28)25(3)19-9-5-4-8-18(19)22(29)24-12-17-7-6-10-31-17/h4-10,15-16H,11-14H2,1-3H3,(H,24,29). The van der Waals surface area contributed by atoms with E-state index in [0.29, 0.717) is 17.0 Å². The van der Waals surface area contributed by atoms with Gasteiger partial charge in [0.2, 0.25) is 5.91 Å². The summed E-state index contributed by atoms with van der Waals surface area (Å²) < 4.78 is 10.4. The van der Waals surface area contributed by atoms with Gasteiger partial charge in [-0.2, -0.15) is 0 Å². The number of hydrogen-bond acceptors (Lipinski definition) is 6. The molecule has 1 aliphatic heterocycles. The molecule has 32 heavy (non-hydrogen) atoms. The molecule has 2 heterocycles. The molecule has 1 fully saturated rings. The number of anilines is 1. The van der Waals surface area contributed by atoms with E-state index in [1.807, 2.05) is 13.8 Å². The second kappa shape index (κ2) is 10.1. The van der Waals surface area contributed by atoms with Gasteiger partial charge in [0.05, 0.1) is 30.0 Å². The van der Waals surface area contributed by atoms with Crippen molar-refractivity contribution in [2.75, 3.05) is 25.1 Å². The maximum Gasteiger partial charge on any atom is 0.311 e. The minimum atomic E-state index is -0.581. The van der Waals surface area contributed by atoms with E-state index in [1.165, 1.54) is 18.2 Å². The van der Waals surface area contributed by atoms with Crippen molar-refractivity contribution in [1.82, 2.24) is 10.2 Å². The quantitative estimate of drug-likeness (QED) is 0.628. The molecule has 3 rings (SSSR count). The molecule has 0 radical (unpaired) electrons. The summed E-state index contributed by atoms with van der Waals surface area (Å²) >= 11 is 0. The number of para-hydroxylation sites is 1. The summed E-state index contributed by atoms with van der Waals surface area (Å²) in [7, 11) is 1.51. The van der Waals surface area contributed by atoms with Crippen molar-refractivity contribution < 1.29 is 28.3 Å². The van der Waals surface area contributed by atoms with Crippen molar-refractivity contribution >= 4 is 29.4 Å². The SMILES string of the molecule is CC(C)N1CC(C(=O)OCC(=O)N(C)c2ccccc2C(=O)NCc2ccco2)CC1=O. The molecule has 3 amide bonds. The highest BCUT2D eigenvalue weighted by Crippen LogP contribution is 2.22. The van der Waals surface area contributed by atoms with Crippen LogP contribution in [-0.2, 0) is 25.7 Å². The molecule has 0 saturated carbocycles. The molecule has 2 aromatic rings. The number of furan rings is 1. The van der Waals surface area contributed by atoms with E-state index < -0.39 is 24.4 Å². The monoisotopic (exact) mass is 441 g/mol. The van der Waals surface area contributed by atoms with Gasteiger partial charge in [-0.15, -0.1) is 0 Å². The lowest BCUT2D eigenvalue weighted by molar-refractivity contribution is -0.151. The Kier molecular flexibility index (Phi) is 7.29. The fraction of sp³-hybridized carbons (Fsp3) is 0.391. The maximum atomic E-state index is 12.6. The number of likely N-dealkylation sites (tertiary alicyclic amines) is 1. The summed E-state index contributed by atoms with van der Waals surface area (Å²) in [5, 5.41) is 2.75. The third kappa shape index (κ3) is 5.35. The maximum absolute atomic E-state index is 12.6. The van der Waals surface area contributed by atoms with E-state index >= 15 is 0 Å². The van der Waals surface area contributed by atoms with Crippen LogP contribution in [0.15, 0.2) is 47.1 Å². The van der Waals surface area contributed by atoms with Gasteiger partial charge < -0.3 is 24.3 Å². The lowest BCUT2D eigenvalue weighted by atomic mass is 10.1. The van der Waals surface area contributed by atoms with Crippen LogP contribution in [0, 0.1) is 5.92 Å². The van der Waals surface area contributed by atoms with E-state index in [4.69, 9.17) is 9.15 Å². The van der Waals surface area contributed by atoms with Crippen LogP contribution in [0.25, 0.3) is 0 Å². The Hall–Kier alpha value is -3.62. The van der Waals surface area contributed by atoms with Crippen molar-refractivity contribution in [2.24, 2.45) is 5.92 Å². The summed E-state index contributed by atoms with van der Waals surface area (Å²) in [6.45, 7) is 3.78. The smallest absolute Gasteiger partial charge is 0.311 e. The number of carbonyl (C=O) groups excluding carboxylic acids is 4. The van der Waals surface area contributed by atoms with E-state index in [-0.39, 0.29) is 37.4 Å². The van der Waals surface area contributed by atoms with Crippen molar-refractivity contribution in [1.29, 1.82) is 0 Å². The summed E-state index contributed by atoms with van der Waals surface area (Å²) in [6.07, 6.45) is 1.60. The molecule has 1 aromatic heterocycles. The zero-order chi connectivity index (χ0) is 23.3. The van der Waals surface area contributed by atoms with Crippen LogP contribution in [0.1, 0.15) is 36.4 Å². The largest absolute Gasteiger partial charge is 0.467 e. The average Bonchev–Trinajstić information content (AvgIpc) is 3.44. The first-order valence-electron chi connectivity index (χ1n) is 10.4. The van der Waals surface area contributed by atoms with Crippen LogP contribution < -0.4 is 10.2 Å². The van der Waals surface area contributed by atoms with Crippen LogP contribution in [0.3, 0.4) is 0 Å². The minimum Gasteiger partial charge on any atom is -0.467 e. The van der Waals surface area contributed by atoms with E-state index in [2.05, 4.69) is 5.32 Å². The number of rotatable bonds is 8. The van der Waals surface area contributed by atoms with Crippen LogP contribution in [0.4, 0.5) is 5.69 Å². The third-order valence-corrected chi connectivity index (χ3v) is 5.34. The molecule has 170 valence electrons. The number of nitrogens with zero attached hydrogens (tertiary/aromatic N) is 2. The highest BCUT2D eigenvalue weighted by molar-refractivity contribution is 6.05. The lowest BCUT2D eigenvalue weighted by Gasteiger charge is -2.21. The number of carbonyl (C=O) groups is 4. The summed E-state index contributed by atoms with van der Waals surface area (Å²) in [6, 6.07) is 10.1. The number of ether oxygens (including phenoxy) is 1. The topological polar surface area (TPSA) is 109 Å². The molecule has 1 unspecified atom stereocenters. The normalized spacial score (nSPS) is 15.7. The summed E-state index contributed by atoms with van der Waals surface area (Å²) in [5.41, 5.74) is 0.683. The minimum absolute atomic E-state index is 0.00324. The van der Waals surface area contributed by atoms with Crippen molar-refractivity contribution in [3.63, 3.8) is 0 Å². The first-order valence-corrected chi connectivity index (χ1v) is 10.4. The molecule has 1 atom stereocenters. The molecule has 0 bridgehead atoms. The second-order valence-electron chi connectivity index (χ2n) is 7.88. The van der Waals surface area contributed by atoms with E-state index in [9.17, 15) is 19.2 Å². The Morgan fingerprint density at radius 1 is 1.22 bits per heavy atom. The molecule has 9 nitrogen and oxygen atoms in total. The highest BCUT2D eigenvalue weighted by Gasteiger charge is 2.36. The van der Waals surface area contributed by atoms with E-state index in [1.54, 1.807) is 41.3 Å². The van der Waals surface area contributed by atoms with Crippen LogP contribution in [0.5, 0.6) is 0 Å². The number of esters is 1. The summed E-state index contributed by atoms with van der Waals surface area (Å²) in [5.74, 6) is -1.51. The van der Waals surface area contributed by atoms with Gasteiger partial charge in [-0.1, -0.05) is 12.1 Å². The number of amides is 3. The predicted octanol–water partition coefficient (Wildman–Crippen LogP) is 1.97. The Morgan fingerprint density at radius 2 is 1.97 bits per heavy atom. The number of hydrogen-bond donors (Lipinski definition) is 1. The van der Waals surface area contributed by atoms with Gasteiger partial charge in [0, 0.05) is 26.1 Å².